The van der Waals surface area contributed by atoms with Crippen molar-refractivity contribution in [3.8, 4) is 0 Å². The zero-order valence-electron chi connectivity index (χ0n) is 14.2. The van der Waals surface area contributed by atoms with Gasteiger partial charge in [-0.25, -0.2) is 4.68 Å². The summed E-state index contributed by atoms with van der Waals surface area (Å²) in [6, 6.07) is 9.02. The van der Waals surface area contributed by atoms with Crippen LogP contribution in [0.1, 0.15) is 11.6 Å². The summed E-state index contributed by atoms with van der Waals surface area (Å²) < 4.78 is 3.70. The van der Waals surface area contributed by atoms with E-state index < -0.39 is 0 Å². The highest BCUT2D eigenvalue weighted by molar-refractivity contribution is 5.85. The third-order valence-corrected chi connectivity index (χ3v) is 4.82. The van der Waals surface area contributed by atoms with Crippen LogP contribution in [0.3, 0.4) is 0 Å². The summed E-state index contributed by atoms with van der Waals surface area (Å²) in [7, 11) is 3.80. The van der Waals surface area contributed by atoms with Crippen LogP contribution in [0, 0.1) is 6.92 Å². The number of anilines is 2. The van der Waals surface area contributed by atoms with Gasteiger partial charge in [-0.1, -0.05) is 0 Å². The van der Waals surface area contributed by atoms with Gasteiger partial charge < -0.3 is 14.8 Å². The number of hydrogen-bond donors (Lipinski definition) is 1. The molecule has 2 aromatic heterocycles. The lowest BCUT2D eigenvalue weighted by Gasteiger charge is -2.37. The molecule has 24 heavy (non-hydrogen) atoms. The van der Waals surface area contributed by atoms with Gasteiger partial charge in [0.2, 0.25) is 0 Å². The molecular weight excluding hydrogens is 302 g/mol. The van der Waals surface area contributed by atoms with E-state index in [0.717, 1.165) is 24.5 Å². The van der Waals surface area contributed by atoms with E-state index in [1.165, 1.54) is 15.6 Å². The molecule has 1 saturated heterocycles. The fourth-order valence-electron chi connectivity index (χ4n) is 3.34. The largest absolute Gasteiger partial charge is 0.354 e. The van der Waals surface area contributed by atoms with Crippen molar-refractivity contribution in [2.45, 2.75) is 13.0 Å². The van der Waals surface area contributed by atoms with Gasteiger partial charge in [0.15, 0.2) is 0 Å². The molecule has 3 aromatic rings. The van der Waals surface area contributed by atoms with Crippen molar-refractivity contribution < 1.29 is 0 Å². The molecule has 1 aromatic carbocycles. The zero-order valence-corrected chi connectivity index (χ0v) is 14.2. The summed E-state index contributed by atoms with van der Waals surface area (Å²) in [5.74, 6) is 0. The van der Waals surface area contributed by atoms with Crippen LogP contribution in [0.2, 0.25) is 0 Å². The van der Waals surface area contributed by atoms with Crippen LogP contribution >= 0.6 is 0 Å². The van der Waals surface area contributed by atoms with Crippen molar-refractivity contribution in [1.29, 1.82) is 0 Å². The summed E-state index contributed by atoms with van der Waals surface area (Å²) >= 11 is 0. The van der Waals surface area contributed by atoms with Gasteiger partial charge in [0.1, 0.15) is 0 Å². The average molecular weight is 323 g/mol. The van der Waals surface area contributed by atoms with Crippen LogP contribution in [0.4, 0.5) is 11.4 Å². The predicted octanol–water partition coefficient (Wildman–Crippen LogP) is 2.27. The standard InChI is InChI=1S/C18H21N5O/c1-12-16(9-19-22(3)18(12)24)20-14-4-5-17-13(8-14)6-7-23(17)15-10-21(2)11-15/h4-9,15,20H,10-11H2,1-3H3. The molecule has 0 atom stereocenters. The minimum Gasteiger partial charge on any atom is -0.354 e. The van der Waals surface area contributed by atoms with E-state index in [1.807, 2.05) is 6.92 Å². The van der Waals surface area contributed by atoms with Gasteiger partial charge in [-0.15, -0.1) is 0 Å². The van der Waals surface area contributed by atoms with Crippen LogP contribution < -0.4 is 10.9 Å². The topological polar surface area (TPSA) is 55.1 Å². The normalized spacial score (nSPS) is 15.6. The van der Waals surface area contributed by atoms with Crippen molar-refractivity contribution in [1.82, 2.24) is 19.2 Å². The van der Waals surface area contributed by atoms with Gasteiger partial charge >= 0.3 is 0 Å². The number of nitrogens with one attached hydrogen (secondary N) is 1. The smallest absolute Gasteiger partial charge is 0.271 e. The molecule has 0 saturated carbocycles. The SMILES string of the molecule is Cc1c(Nc2ccc3c(ccn3C3CN(C)C3)c2)cnn(C)c1=O. The van der Waals surface area contributed by atoms with Gasteiger partial charge in [0, 0.05) is 48.5 Å². The Kier molecular flexibility index (Phi) is 3.42. The van der Waals surface area contributed by atoms with Crippen molar-refractivity contribution in [2.75, 3.05) is 25.5 Å². The molecule has 1 aliphatic rings. The van der Waals surface area contributed by atoms with Gasteiger partial charge in [-0.2, -0.15) is 5.10 Å². The Morgan fingerprint density at radius 3 is 2.75 bits per heavy atom. The first-order valence-electron chi connectivity index (χ1n) is 8.12. The van der Waals surface area contributed by atoms with Crippen LogP contribution in [-0.4, -0.2) is 39.4 Å². The van der Waals surface area contributed by atoms with E-state index in [-0.39, 0.29) is 5.56 Å². The molecular formula is C18H21N5O. The predicted molar refractivity (Wildman–Crippen MR) is 96.0 cm³/mol. The third-order valence-electron chi connectivity index (χ3n) is 4.82. The van der Waals surface area contributed by atoms with Crippen LogP contribution in [0.25, 0.3) is 10.9 Å². The van der Waals surface area contributed by atoms with Gasteiger partial charge in [0.05, 0.1) is 17.9 Å². The first-order valence-corrected chi connectivity index (χ1v) is 8.12. The fraction of sp³-hybridized carbons (Fsp3) is 0.333. The monoisotopic (exact) mass is 323 g/mol. The van der Waals surface area contributed by atoms with Crippen molar-refractivity contribution >= 4 is 22.3 Å². The number of fused-ring (bicyclic) bond motifs is 1. The summed E-state index contributed by atoms with van der Waals surface area (Å²) in [5.41, 5.74) is 3.54. The number of aromatic nitrogens is 3. The van der Waals surface area contributed by atoms with E-state index in [9.17, 15) is 4.79 Å². The molecule has 0 aliphatic carbocycles. The molecule has 124 valence electrons. The second-order valence-corrected chi connectivity index (χ2v) is 6.61. The molecule has 3 heterocycles. The molecule has 1 aliphatic heterocycles. The van der Waals surface area contributed by atoms with Crippen molar-refractivity contribution in [2.24, 2.45) is 7.05 Å². The molecule has 0 spiro atoms. The van der Waals surface area contributed by atoms with E-state index >= 15 is 0 Å². The summed E-state index contributed by atoms with van der Waals surface area (Å²) in [6.07, 6.45) is 3.85. The molecule has 0 radical (unpaired) electrons. The van der Waals surface area contributed by atoms with E-state index in [1.54, 1.807) is 13.2 Å². The van der Waals surface area contributed by atoms with E-state index in [4.69, 9.17) is 0 Å². The highest BCUT2D eigenvalue weighted by Crippen LogP contribution is 2.28. The maximum atomic E-state index is 12.0. The van der Waals surface area contributed by atoms with Gasteiger partial charge in [-0.3, -0.25) is 4.79 Å². The quantitative estimate of drug-likeness (QED) is 0.803. The van der Waals surface area contributed by atoms with E-state index in [0.29, 0.717) is 11.6 Å². The molecule has 0 bridgehead atoms. The van der Waals surface area contributed by atoms with Gasteiger partial charge in [-0.05, 0) is 38.2 Å². The Morgan fingerprint density at radius 2 is 2.00 bits per heavy atom. The zero-order chi connectivity index (χ0) is 16.8. The maximum Gasteiger partial charge on any atom is 0.271 e. The van der Waals surface area contributed by atoms with Crippen molar-refractivity contribution in [3.05, 3.63) is 52.6 Å². The van der Waals surface area contributed by atoms with Crippen LogP contribution in [0.15, 0.2) is 41.5 Å². The Balaban J connectivity index is 1.64. The number of hydrogen-bond acceptors (Lipinski definition) is 4. The van der Waals surface area contributed by atoms with Gasteiger partial charge in [0.25, 0.3) is 5.56 Å². The molecule has 0 amide bonds. The minimum absolute atomic E-state index is 0.0821. The summed E-state index contributed by atoms with van der Waals surface area (Å²) in [4.78, 5) is 14.3. The highest BCUT2D eigenvalue weighted by atomic mass is 16.1. The molecule has 4 rings (SSSR count). The lowest BCUT2D eigenvalue weighted by molar-refractivity contribution is 0.144. The van der Waals surface area contributed by atoms with Crippen LogP contribution in [0.5, 0.6) is 0 Å². The minimum atomic E-state index is -0.0821. The number of benzene rings is 1. The molecule has 1 fully saturated rings. The Labute approximate surface area is 140 Å². The molecule has 6 nitrogen and oxygen atoms in total. The number of nitrogens with zero attached hydrogens (tertiary/aromatic N) is 4. The van der Waals surface area contributed by atoms with Crippen LogP contribution in [-0.2, 0) is 7.05 Å². The molecule has 0 unspecified atom stereocenters. The maximum absolute atomic E-state index is 12.0. The Hall–Kier alpha value is -2.60. The number of rotatable bonds is 3. The molecule has 1 N–H and O–H groups in total. The Morgan fingerprint density at radius 1 is 1.21 bits per heavy atom. The Bertz CT molecular complexity index is 965. The molecule has 6 heteroatoms. The highest BCUT2D eigenvalue weighted by Gasteiger charge is 2.25. The average Bonchev–Trinajstić information content (AvgIpc) is 2.95. The van der Waals surface area contributed by atoms with E-state index in [2.05, 4.69) is 57.4 Å². The number of aryl methyl sites for hydroxylation is 1. The summed E-state index contributed by atoms with van der Waals surface area (Å²) in [5, 5.41) is 8.59. The fourth-order valence-corrected chi connectivity index (χ4v) is 3.34. The first-order chi connectivity index (χ1) is 11.5. The number of likely N-dealkylation sites (N-methyl/N-ethyl adjacent to an activating group) is 1. The lowest BCUT2D eigenvalue weighted by atomic mass is 10.1. The second-order valence-electron chi connectivity index (χ2n) is 6.61. The number of likely N-dealkylation sites (tertiary alicyclic amines) is 1. The summed E-state index contributed by atoms with van der Waals surface area (Å²) in [6.45, 7) is 4.01. The second kappa shape index (κ2) is 5.49. The third kappa shape index (κ3) is 2.39. The lowest BCUT2D eigenvalue weighted by Crippen LogP contribution is -2.44. The van der Waals surface area contributed by atoms with Crippen molar-refractivity contribution in [3.63, 3.8) is 0 Å². The first kappa shape index (κ1) is 15.0.